The van der Waals surface area contributed by atoms with Crippen molar-refractivity contribution in [3.8, 4) is 0 Å². The third-order valence-corrected chi connectivity index (χ3v) is 5.10. The first-order valence-corrected chi connectivity index (χ1v) is 9.62. The van der Waals surface area contributed by atoms with Crippen LogP contribution in [0.4, 0.5) is 16.2 Å². The second-order valence-electron chi connectivity index (χ2n) is 6.98. The molecule has 138 valence electrons. The molecule has 1 saturated heterocycles. The fourth-order valence-electron chi connectivity index (χ4n) is 3.21. The summed E-state index contributed by atoms with van der Waals surface area (Å²) in [6.45, 7) is 5.10. The number of urea groups is 1. The van der Waals surface area contributed by atoms with Crippen LogP contribution in [0.2, 0.25) is 5.02 Å². The molecule has 0 unspecified atom stereocenters. The second-order valence-corrected chi connectivity index (χ2v) is 7.41. The zero-order valence-electron chi connectivity index (χ0n) is 15.2. The van der Waals surface area contributed by atoms with Gasteiger partial charge >= 0.3 is 6.03 Å². The Kier molecular flexibility index (Phi) is 6.40. The standard InChI is InChI=1S/C21H26ClN3O/c1-16-10-13-25(14-11-16)20-7-5-19(6-8-20)24-21(26)23-12-9-17-3-2-4-18(22)15-17/h2-8,15-16H,9-14H2,1H3,(H2,23,24,26). The van der Waals surface area contributed by atoms with Crippen molar-refractivity contribution < 1.29 is 4.79 Å². The van der Waals surface area contributed by atoms with Gasteiger partial charge in [0.15, 0.2) is 0 Å². The summed E-state index contributed by atoms with van der Waals surface area (Å²) in [6.07, 6.45) is 3.24. The van der Waals surface area contributed by atoms with Crippen molar-refractivity contribution in [3.05, 3.63) is 59.1 Å². The number of rotatable bonds is 5. The van der Waals surface area contributed by atoms with Crippen molar-refractivity contribution in [2.75, 3.05) is 29.9 Å². The van der Waals surface area contributed by atoms with E-state index in [1.54, 1.807) is 0 Å². The molecule has 2 amide bonds. The van der Waals surface area contributed by atoms with Crippen LogP contribution in [-0.2, 0) is 6.42 Å². The molecule has 0 saturated carbocycles. The molecular weight excluding hydrogens is 346 g/mol. The van der Waals surface area contributed by atoms with E-state index >= 15 is 0 Å². The normalized spacial score (nSPS) is 14.9. The Morgan fingerprint density at radius 2 is 1.88 bits per heavy atom. The highest BCUT2D eigenvalue weighted by atomic mass is 35.5. The van der Waals surface area contributed by atoms with Gasteiger partial charge in [0.1, 0.15) is 0 Å². The first kappa shape index (κ1) is 18.6. The molecule has 5 heteroatoms. The smallest absolute Gasteiger partial charge is 0.319 e. The monoisotopic (exact) mass is 371 g/mol. The molecule has 3 rings (SSSR count). The van der Waals surface area contributed by atoms with E-state index in [1.165, 1.54) is 18.5 Å². The lowest BCUT2D eigenvalue weighted by Crippen LogP contribution is -2.32. The summed E-state index contributed by atoms with van der Waals surface area (Å²) in [5.41, 5.74) is 3.14. The van der Waals surface area contributed by atoms with Crippen molar-refractivity contribution >= 4 is 29.0 Å². The molecule has 2 aromatic carbocycles. The van der Waals surface area contributed by atoms with Gasteiger partial charge in [-0.25, -0.2) is 4.79 Å². The Balaban J connectivity index is 1.44. The van der Waals surface area contributed by atoms with Crippen molar-refractivity contribution in [2.24, 2.45) is 5.92 Å². The van der Waals surface area contributed by atoms with Crippen LogP contribution >= 0.6 is 11.6 Å². The van der Waals surface area contributed by atoms with E-state index in [2.05, 4.69) is 34.6 Å². The summed E-state index contributed by atoms with van der Waals surface area (Å²) in [7, 11) is 0. The number of halogens is 1. The van der Waals surface area contributed by atoms with Crippen LogP contribution in [0.3, 0.4) is 0 Å². The van der Waals surface area contributed by atoms with Gasteiger partial charge in [-0.1, -0.05) is 30.7 Å². The van der Waals surface area contributed by atoms with Crippen molar-refractivity contribution in [2.45, 2.75) is 26.2 Å². The SMILES string of the molecule is CC1CCN(c2ccc(NC(=O)NCCc3cccc(Cl)c3)cc2)CC1. The summed E-state index contributed by atoms with van der Waals surface area (Å²) >= 11 is 5.97. The first-order valence-electron chi connectivity index (χ1n) is 9.24. The van der Waals surface area contributed by atoms with E-state index in [0.29, 0.717) is 6.54 Å². The van der Waals surface area contributed by atoms with E-state index in [-0.39, 0.29) is 6.03 Å². The average Bonchev–Trinajstić information content (AvgIpc) is 2.63. The van der Waals surface area contributed by atoms with Gasteiger partial charge in [0, 0.05) is 36.0 Å². The van der Waals surface area contributed by atoms with Crippen LogP contribution in [0.5, 0.6) is 0 Å². The number of anilines is 2. The number of piperidine rings is 1. The molecule has 2 aromatic rings. The van der Waals surface area contributed by atoms with Crippen molar-refractivity contribution in [1.82, 2.24) is 5.32 Å². The van der Waals surface area contributed by atoms with Crippen LogP contribution in [0, 0.1) is 5.92 Å². The fraction of sp³-hybridized carbons (Fsp3) is 0.381. The largest absolute Gasteiger partial charge is 0.372 e. The predicted molar refractivity (Wildman–Crippen MR) is 109 cm³/mol. The Bertz CT molecular complexity index is 724. The molecule has 0 radical (unpaired) electrons. The number of benzene rings is 2. The summed E-state index contributed by atoms with van der Waals surface area (Å²) < 4.78 is 0. The minimum Gasteiger partial charge on any atom is -0.372 e. The second kappa shape index (κ2) is 8.95. The van der Waals surface area contributed by atoms with Crippen LogP contribution in [0.15, 0.2) is 48.5 Å². The first-order chi connectivity index (χ1) is 12.6. The zero-order chi connectivity index (χ0) is 18.4. The van der Waals surface area contributed by atoms with Crippen LogP contribution in [0.1, 0.15) is 25.3 Å². The molecule has 26 heavy (non-hydrogen) atoms. The van der Waals surface area contributed by atoms with Crippen LogP contribution in [0.25, 0.3) is 0 Å². The number of hydrogen-bond acceptors (Lipinski definition) is 2. The fourth-order valence-corrected chi connectivity index (χ4v) is 3.42. The molecule has 1 aliphatic heterocycles. The lowest BCUT2D eigenvalue weighted by atomic mass is 9.99. The Labute approximate surface area is 160 Å². The molecule has 0 bridgehead atoms. The van der Waals surface area contributed by atoms with E-state index in [0.717, 1.165) is 41.7 Å². The third kappa shape index (κ3) is 5.40. The van der Waals surface area contributed by atoms with E-state index < -0.39 is 0 Å². The lowest BCUT2D eigenvalue weighted by Gasteiger charge is -2.32. The predicted octanol–water partition coefficient (Wildman–Crippen LogP) is 4.94. The van der Waals surface area contributed by atoms with Gasteiger partial charge in [-0.05, 0) is 67.1 Å². The van der Waals surface area contributed by atoms with Gasteiger partial charge in [-0.3, -0.25) is 0 Å². The molecular formula is C21H26ClN3O. The number of hydrogen-bond donors (Lipinski definition) is 2. The summed E-state index contributed by atoms with van der Waals surface area (Å²) in [6, 6.07) is 15.6. The molecule has 1 aliphatic rings. The lowest BCUT2D eigenvalue weighted by molar-refractivity contribution is 0.252. The van der Waals surface area contributed by atoms with Gasteiger partial charge in [0.25, 0.3) is 0 Å². The summed E-state index contributed by atoms with van der Waals surface area (Å²) in [5.74, 6) is 0.822. The van der Waals surface area contributed by atoms with Crippen molar-refractivity contribution in [3.63, 3.8) is 0 Å². The number of amides is 2. The Morgan fingerprint density at radius 3 is 2.58 bits per heavy atom. The highest BCUT2D eigenvalue weighted by molar-refractivity contribution is 6.30. The zero-order valence-corrected chi connectivity index (χ0v) is 15.9. The minimum absolute atomic E-state index is 0.188. The van der Waals surface area contributed by atoms with E-state index in [1.807, 2.05) is 36.4 Å². The van der Waals surface area contributed by atoms with Crippen LogP contribution in [-0.4, -0.2) is 25.7 Å². The average molecular weight is 372 g/mol. The van der Waals surface area contributed by atoms with Gasteiger partial charge in [-0.15, -0.1) is 0 Å². The molecule has 0 aromatic heterocycles. The quantitative estimate of drug-likeness (QED) is 0.781. The molecule has 2 N–H and O–H groups in total. The number of nitrogens with one attached hydrogen (secondary N) is 2. The maximum atomic E-state index is 12.0. The molecule has 0 aliphatic carbocycles. The van der Waals surface area contributed by atoms with E-state index in [9.17, 15) is 4.79 Å². The third-order valence-electron chi connectivity index (χ3n) is 4.86. The maximum Gasteiger partial charge on any atom is 0.319 e. The van der Waals surface area contributed by atoms with Crippen LogP contribution < -0.4 is 15.5 Å². The molecule has 4 nitrogen and oxygen atoms in total. The summed E-state index contributed by atoms with van der Waals surface area (Å²) in [5, 5.41) is 6.48. The molecule has 1 heterocycles. The Morgan fingerprint density at radius 1 is 1.15 bits per heavy atom. The van der Waals surface area contributed by atoms with Gasteiger partial charge in [0.05, 0.1) is 0 Å². The topological polar surface area (TPSA) is 44.4 Å². The highest BCUT2D eigenvalue weighted by Crippen LogP contribution is 2.24. The number of carbonyl (C=O) groups excluding carboxylic acids is 1. The summed E-state index contributed by atoms with van der Waals surface area (Å²) in [4.78, 5) is 14.4. The van der Waals surface area contributed by atoms with Gasteiger partial charge in [-0.2, -0.15) is 0 Å². The van der Waals surface area contributed by atoms with Crippen molar-refractivity contribution in [1.29, 1.82) is 0 Å². The van der Waals surface area contributed by atoms with Gasteiger partial charge < -0.3 is 15.5 Å². The molecule has 1 fully saturated rings. The highest BCUT2D eigenvalue weighted by Gasteiger charge is 2.15. The Hall–Kier alpha value is -2.20. The number of nitrogens with zero attached hydrogens (tertiary/aromatic N) is 1. The maximum absolute atomic E-state index is 12.0. The van der Waals surface area contributed by atoms with E-state index in [4.69, 9.17) is 11.6 Å². The molecule has 0 atom stereocenters. The van der Waals surface area contributed by atoms with Gasteiger partial charge in [0.2, 0.25) is 0 Å². The number of carbonyl (C=O) groups is 1. The minimum atomic E-state index is -0.188. The molecule has 0 spiro atoms.